The van der Waals surface area contributed by atoms with Crippen LogP contribution in [-0.2, 0) is 6.42 Å². The first-order valence-electron chi connectivity index (χ1n) is 6.04. The second-order valence-corrected chi connectivity index (χ2v) is 6.52. The molecule has 2 aromatic carbocycles. The van der Waals surface area contributed by atoms with Crippen molar-refractivity contribution in [2.45, 2.75) is 12.5 Å². The van der Waals surface area contributed by atoms with E-state index >= 15 is 0 Å². The van der Waals surface area contributed by atoms with Crippen LogP contribution in [-0.4, -0.2) is 7.11 Å². The van der Waals surface area contributed by atoms with E-state index in [0.29, 0.717) is 6.42 Å². The summed E-state index contributed by atoms with van der Waals surface area (Å²) in [7, 11) is 1.45. The number of ether oxygens (including phenoxy) is 1. The minimum absolute atomic E-state index is 0.174. The summed E-state index contributed by atoms with van der Waals surface area (Å²) in [6, 6.07) is 10.8. The molecule has 0 saturated heterocycles. The molecule has 0 amide bonds. The van der Waals surface area contributed by atoms with Gasteiger partial charge < -0.3 is 10.5 Å². The highest BCUT2D eigenvalue weighted by atomic mass is 127. The number of hydrogen-bond donors (Lipinski definition) is 1. The molecule has 0 radical (unpaired) electrons. The predicted octanol–water partition coefficient (Wildman–Crippen LogP) is 4.44. The summed E-state index contributed by atoms with van der Waals surface area (Å²) in [5.41, 5.74) is 8.14. The third-order valence-corrected chi connectivity index (χ3v) is 4.50. The Balaban J connectivity index is 2.21. The first-order chi connectivity index (χ1) is 9.51. The van der Waals surface area contributed by atoms with Crippen LogP contribution < -0.4 is 10.5 Å². The van der Waals surface area contributed by atoms with Crippen molar-refractivity contribution in [2.75, 3.05) is 7.11 Å². The third-order valence-electron chi connectivity index (χ3n) is 3.03. The molecule has 0 aromatic heterocycles. The van der Waals surface area contributed by atoms with Crippen LogP contribution in [0.2, 0.25) is 0 Å². The average molecular weight is 450 g/mol. The highest BCUT2D eigenvalue weighted by molar-refractivity contribution is 14.1. The molecule has 106 valence electrons. The maximum Gasteiger partial charge on any atom is 0.165 e. The summed E-state index contributed by atoms with van der Waals surface area (Å²) >= 11 is 5.70. The first-order valence-corrected chi connectivity index (χ1v) is 7.91. The van der Waals surface area contributed by atoms with Gasteiger partial charge in [-0.15, -0.1) is 0 Å². The quantitative estimate of drug-likeness (QED) is 0.700. The molecule has 0 heterocycles. The van der Waals surface area contributed by atoms with Gasteiger partial charge in [0.25, 0.3) is 0 Å². The first kappa shape index (κ1) is 15.7. The fourth-order valence-electron chi connectivity index (χ4n) is 2.00. The van der Waals surface area contributed by atoms with Gasteiger partial charge in [-0.3, -0.25) is 0 Å². The number of nitrogens with two attached hydrogens (primary N) is 1. The van der Waals surface area contributed by atoms with Crippen molar-refractivity contribution in [1.29, 1.82) is 0 Å². The van der Waals surface area contributed by atoms with Crippen molar-refractivity contribution >= 4 is 38.5 Å². The molecule has 0 aliphatic heterocycles. The smallest absolute Gasteiger partial charge is 0.165 e. The Morgan fingerprint density at radius 3 is 2.70 bits per heavy atom. The highest BCUT2D eigenvalue weighted by Crippen LogP contribution is 2.26. The van der Waals surface area contributed by atoms with Gasteiger partial charge in [0, 0.05) is 14.1 Å². The van der Waals surface area contributed by atoms with Gasteiger partial charge in [-0.1, -0.05) is 22.0 Å². The lowest BCUT2D eigenvalue weighted by Gasteiger charge is -2.15. The summed E-state index contributed by atoms with van der Waals surface area (Å²) in [5.74, 6) is -0.111. The summed E-state index contributed by atoms with van der Waals surface area (Å²) in [5, 5.41) is 0. The molecule has 0 aliphatic rings. The molecule has 2 rings (SSSR count). The third kappa shape index (κ3) is 3.71. The Morgan fingerprint density at radius 2 is 2.05 bits per heavy atom. The van der Waals surface area contributed by atoms with Crippen LogP contribution in [0.4, 0.5) is 4.39 Å². The van der Waals surface area contributed by atoms with Crippen LogP contribution >= 0.6 is 38.5 Å². The van der Waals surface area contributed by atoms with Gasteiger partial charge in [-0.05, 0) is 70.5 Å². The van der Waals surface area contributed by atoms with Gasteiger partial charge in [0.1, 0.15) is 0 Å². The van der Waals surface area contributed by atoms with Gasteiger partial charge in [0.05, 0.1) is 7.11 Å². The Labute approximate surface area is 139 Å². The lowest BCUT2D eigenvalue weighted by molar-refractivity contribution is 0.386. The summed E-state index contributed by atoms with van der Waals surface area (Å²) in [6.07, 6.45) is 0.577. The van der Waals surface area contributed by atoms with Crippen LogP contribution in [0.1, 0.15) is 17.2 Å². The average Bonchev–Trinajstić information content (AvgIpc) is 2.41. The van der Waals surface area contributed by atoms with E-state index in [0.717, 1.165) is 19.2 Å². The predicted molar refractivity (Wildman–Crippen MR) is 90.4 cm³/mol. The number of halogens is 3. The second-order valence-electron chi connectivity index (χ2n) is 4.45. The molecule has 5 heteroatoms. The molecule has 1 unspecified atom stereocenters. The van der Waals surface area contributed by atoms with Crippen molar-refractivity contribution < 1.29 is 9.13 Å². The summed E-state index contributed by atoms with van der Waals surface area (Å²) in [4.78, 5) is 0. The van der Waals surface area contributed by atoms with E-state index in [1.54, 1.807) is 6.07 Å². The van der Waals surface area contributed by atoms with Crippen molar-refractivity contribution in [3.63, 3.8) is 0 Å². The van der Waals surface area contributed by atoms with Crippen molar-refractivity contribution in [3.8, 4) is 5.75 Å². The fraction of sp³-hybridized carbons (Fsp3) is 0.200. The molecule has 0 bridgehead atoms. The van der Waals surface area contributed by atoms with Gasteiger partial charge in [-0.25, -0.2) is 4.39 Å². The molecule has 20 heavy (non-hydrogen) atoms. The standard InChI is InChI=1S/C15H14BrFINO/c1-20-15-5-2-9(6-12(15)17)7-14(19)11-8-10(16)3-4-13(11)18/h2-6,8,14H,7,19H2,1H3. The fourth-order valence-corrected chi connectivity index (χ4v) is 3.11. The Hall–Kier alpha value is -0.660. The number of rotatable bonds is 4. The minimum Gasteiger partial charge on any atom is -0.494 e. The molecule has 1 atom stereocenters. The van der Waals surface area contributed by atoms with Crippen molar-refractivity contribution in [3.05, 3.63) is 61.4 Å². The second kappa shape index (κ2) is 6.87. The molecular weight excluding hydrogens is 436 g/mol. The number of benzene rings is 2. The van der Waals surface area contributed by atoms with Gasteiger partial charge >= 0.3 is 0 Å². The van der Waals surface area contributed by atoms with Crippen LogP contribution in [0.3, 0.4) is 0 Å². The van der Waals surface area contributed by atoms with E-state index < -0.39 is 0 Å². The molecule has 0 saturated carbocycles. The number of methoxy groups -OCH3 is 1. The highest BCUT2D eigenvalue weighted by Gasteiger charge is 2.13. The molecular formula is C15H14BrFINO. The van der Waals surface area contributed by atoms with Crippen molar-refractivity contribution in [2.24, 2.45) is 5.73 Å². The van der Waals surface area contributed by atoms with E-state index in [1.165, 1.54) is 13.2 Å². The minimum atomic E-state index is -0.360. The van der Waals surface area contributed by atoms with Crippen molar-refractivity contribution in [1.82, 2.24) is 0 Å². The maximum absolute atomic E-state index is 13.7. The Bertz CT molecular complexity index is 621. The van der Waals surface area contributed by atoms with E-state index in [9.17, 15) is 4.39 Å². The molecule has 0 spiro atoms. The normalized spacial score (nSPS) is 12.2. The molecule has 2 N–H and O–H groups in total. The summed E-state index contributed by atoms with van der Waals surface area (Å²) < 4.78 is 20.7. The van der Waals surface area contributed by atoms with Gasteiger partial charge in [0.2, 0.25) is 0 Å². The zero-order valence-electron chi connectivity index (χ0n) is 10.9. The topological polar surface area (TPSA) is 35.2 Å². The van der Waals surface area contributed by atoms with Crippen LogP contribution in [0.5, 0.6) is 5.75 Å². The van der Waals surface area contributed by atoms with E-state index in [4.69, 9.17) is 10.5 Å². The SMILES string of the molecule is COc1ccc(CC(N)c2cc(Br)ccc2I)cc1F. The maximum atomic E-state index is 13.7. The van der Waals surface area contributed by atoms with Crippen LogP contribution in [0.15, 0.2) is 40.9 Å². The lowest BCUT2D eigenvalue weighted by Crippen LogP contribution is -2.15. The van der Waals surface area contributed by atoms with Crippen LogP contribution in [0, 0.1) is 9.39 Å². The largest absolute Gasteiger partial charge is 0.494 e. The van der Waals surface area contributed by atoms with E-state index in [1.807, 2.05) is 24.3 Å². The Kier molecular flexibility index (Phi) is 5.40. The van der Waals surface area contributed by atoms with Gasteiger partial charge in [-0.2, -0.15) is 0 Å². The number of hydrogen-bond acceptors (Lipinski definition) is 2. The van der Waals surface area contributed by atoms with Crippen LogP contribution in [0.25, 0.3) is 0 Å². The monoisotopic (exact) mass is 449 g/mol. The van der Waals surface area contributed by atoms with Gasteiger partial charge in [0.15, 0.2) is 11.6 Å². The summed E-state index contributed by atoms with van der Waals surface area (Å²) in [6.45, 7) is 0. The molecule has 0 fully saturated rings. The van der Waals surface area contributed by atoms with E-state index in [-0.39, 0.29) is 17.6 Å². The lowest BCUT2D eigenvalue weighted by atomic mass is 9.99. The van der Waals surface area contributed by atoms with E-state index in [2.05, 4.69) is 38.5 Å². The Morgan fingerprint density at radius 1 is 1.30 bits per heavy atom. The molecule has 0 aliphatic carbocycles. The molecule has 2 aromatic rings. The molecule has 2 nitrogen and oxygen atoms in total. The zero-order chi connectivity index (χ0) is 14.7. The zero-order valence-corrected chi connectivity index (χ0v) is 14.6.